The van der Waals surface area contributed by atoms with Crippen molar-refractivity contribution in [1.29, 1.82) is 0 Å². The maximum absolute atomic E-state index is 13.6. The lowest BCUT2D eigenvalue weighted by Gasteiger charge is -2.41. The minimum Gasteiger partial charge on any atom is -0.493 e. The zero-order valence-corrected chi connectivity index (χ0v) is 23.1. The first-order chi connectivity index (χ1) is 18.8. The summed E-state index contributed by atoms with van der Waals surface area (Å²) in [4.78, 5) is 27.2. The molecule has 0 saturated carbocycles. The quantitative estimate of drug-likeness (QED) is 0.453. The van der Waals surface area contributed by atoms with Crippen molar-refractivity contribution in [2.24, 2.45) is 11.3 Å². The van der Waals surface area contributed by atoms with Gasteiger partial charge in [0.05, 0.1) is 24.7 Å². The molecule has 1 N–H and O–H groups in total. The second-order valence-corrected chi connectivity index (χ2v) is 11.3. The number of carbonyl (C=O) groups excluding carboxylic acids is 2. The summed E-state index contributed by atoms with van der Waals surface area (Å²) in [7, 11) is 1.59. The van der Waals surface area contributed by atoms with Crippen molar-refractivity contribution in [2.75, 3.05) is 20.3 Å². The van der Waals surface area contributed by atoms with Crippen LogP contribution in [0.25, 0.3) is 0 Å². The molecule has 5 rings (SSSR count). The number of carbonyl (C=O) groups is 2. The van der Waals surface area contributed by atoms with E-state index in [-0.39, 0.29) is 23.9 Å². The predicted molar refractivity (Wildman–Crippen MR) is 147 cm³/mol. The Kier molecular flexibility index (Phi) is 7.80. The molecular weight excluding hydrogens is 494 g/mol. The van der Waals surface area contributed by atoms with Gasteiger partial charge in [0.1, 0.15) is 19.0 Å². The van der Waals surface area contributed by atoms with Crippen molar-refractivity contribution >= 4 is 11.8 Å². The number of nitrogens with one attached hydrogen (secondary N) is 1. The molecule has 0 amide bonds. The number of ether oxygens (including phenoxy) is 4. The summed E-state index contributed by atoms with van der Waals surface area (Å²) in [5, 5.41) is 3.37. The number of fused-ring (bicyclic) bond motifs is 1. The van der Waals surface area contributed by atoms with Crippen molar-refractivity contribution in [3.8, 4) is 11.5 Å². The van der Waals surface area contributed by atoms with Crippen LogP contribution in [0.3, 0.4) is 0 Å². The lowest BCUT2D eigenvalue weighted by Crippen LogP contribution is -2.43. The average Bonchev–Trinajstić information content (AvgIpc) is 3.43. The van der Waals surface area contributed by atoms with Gasteiger partial charge < -0.3 is 24.3 Å². The lowest BCUT2D eigenvalue weighted by atomic mass is 9.66. The highest BCUT2D eigenvalue weighted by molar-refractivity contribution is 5.96. The molecule has 3 unspecified atom stereocenters. The van der Waals surface area contributed by atoms with E-state index >= 15 is 0 Å². The van der Waals surface area contributed by atoms with Crippen LogP contribution in [0.5, 0.6) is 11.5 Å². The summed E-state index contributed by atoms with van der Waals surface area (Å²) >= 11 is 0. The highest BCUT2D eigenvalue weighted by Gasteiger charge is 2.46. The van der Waals surface area contributed by atoms with Crippen LogP contribution in [0.4, 0.5) is 0 Å². The molecule has 2 heterocycles. The lowest BCUT2D eigenvalue weighted by molar-refractivity contribution is -0.143. The zero-order chi connectivity index (χ0) is 27.6. The molecule has 1 aliphatic carbocycles. The topological polar surface area (TPSA) is 83.1 Å². The van der Waals surface area contributed by atoms with Gasteiger partial charge in [0.15, 0.2) is 11.5 Å². The first-order valence-electron chi connectivity index (χ1n) is 13.6. The molecular formula is C32H37NO6. The maximum Gasteiger partial charge on any atom is 0.336 e. The predicted octanol–water partition coefficient (Wildman–Crippen LogP) is 5.46. The van der Waals surface area contributed by atoms with Crippen LogP contribution < -0.4 is 14.8 Å². The summed E-state index contributed by atoms with van der Waals surface area (Å²) < 4.78 is 23.2. The Morgan fingerprint density at radius 3 is 2.62 bits per heavy atom. The Balaban J connectivity index is 1.49. The molecule has 2 aromatic rings. The number of Topliss-reactive ketones (excluding diaryl/α,β-unsaturated/α-hetero) is 1. The largest absolute Gasteiger partial charge is 0.493 e. The van der Waals surface area contributed by atoms with Gasteiger partial charge in [-0.2, -0.15) is 0 Å². The number of rotatable bonds is 8. The second-order valence-electron chi connectivity index (χ2n) is 11.3. The van der Waals surface area contributed by atoms with Crippen LogP contribution in [0.2, 0.25) is 0 Å². The Morgan fingerprint density at radius 2 is 1.90 bits per heavy atom. The van der Waals surface area contributed by atoms with Gasteiger partial charge in [0.25, 0.3) is 0 Å². The van der Waals surface area contributed by atoms with Gasteiger partial charge in [-0.1, -0.05) is 56.3 Å². The van der Waals surface area contributed by atoms with E-state index in [0.717, 1.165) is 29.7 Å². The molecule has 3 aliphatic rings. The summed E-state index contributed by atoms with van der Waals surface area (Å²) in [6.07, 6.45) is 4.27. The fraction of sp³-hybridized carbons (Fsp3) is 0.438. The van der Waals surface area contributed by atoms with Gasteiger partial charge in [-0.3, -0.25) is 4.79 Å². The molecule has 0 aromatic heterocycles. The third-order valence-corrected chi connectivity index (χ3v) is 7.67. The first kappa shape index (κ1) is 27.0. The van der Waals surface area contributed by atoms with E-state index < -0.39 is 17.8 Å². The average molecular weight is 532 g/mol. The zero-order valence-electron chi connectivity index (χ0n) is 23.1. The van der Waals surface area contributed by atoms with Crippen molar-refractivity contribution in [2.45, 2.75) is 58.7 Å². The van der Waals surface area contributed by atoms with Crippen LogP contribution in [-0.4, -0.2) is 38.2 Å². The number of hydrogen-bond acceptors (Lipinski definition) is 7. The Labute approximate surface area is 230 Å². The van der Waals surface area contributed by atoms with Gasteiger partial charge in [-0.05, 0) is 48.4 Å². The Hall–Kier alpha value is -3.58. The standard InChI is InChI=1S/C32H37NO6/c1-20-28(31(35)39-19-23-11-8-14-37-23)29(30-24(33-20)16-32(2,3)17-25(30)34)22-12-13-26(27(15-22)36-4)38-18-21-9-6-5-7-10-21/h5-7,9-10,12-13,15-16,23,29-30,33H,8,11,14,17-19H2,1-4H3. The fourth-order valence-corrected chi connectivity index (χ4v) is 5.85. The Morgan fingerprint density at radius 1 is 1.10 bits per heavy atom. The molecule has 206 valence electrons. The smallest absolute Gasteiger partial charge is 0.336 e. The highest BCUT2D eigenvalue weighted by atomic mass is 16.6. The van der Waals surface area contributed by atoms with Crippen LogP contribution in [0.15, 0.2) is 71.6 Å². The van der Waals surface area contributed by atoms with E-state index in [0.29, 0.717) is 42.4 Å². The number of benzene rings is 2. The van der Waals surface area contributed by atoms with Crippen LogP contribution >= 0.6 is 0 Å². The van der Waals surface area contributed by atoms with Gasteiger partial charge in [-0.15, -0.1) is 0 Å². The molecule has 3 atom stereocenters. The van der Waals surface area contributed by atoms with E-state index in [2.05, 4.69) is 25.2 Å². The second kappa shape index (κ2) is 11.3. The molecule has 2 aromatic carbocycles. The monoisotopic (exact) mass is 531 g/mol. The third-order valence-electron chi connectivity index (χ3n) is 7.67. The number of methoxy groups -OCH3 is 1. The molecule has 0 radical (unpaired) electrons. The first-order valence-corrected chi connectivity index (χ1v) is 13.6. The van der Waals surface area contributed by atoms with Crippen LogP contribution in [-0.2, 0) is 25.7 Å². The summed E-state index contributed by atoms with van der Waals surface area (Å²) in [6, 6.07) is 15.6. The normalized spacial score (nSPS) is 23.9. The third kappa shape index (κ3) is 5.88. The van der Waals surface area contributed by atoms with E-state index in [1.807, 2.05) is 55.5 Å². The highest BCUT2D eigenvalue weighted by Crippen LogP contribution is 2.48. The van der Waals surface area contributed by atoms with Gasteiger partial charge in [-0.25, -0.2) is 4.79 Å². The molecule has 39 heavy (non-hydrogen) atoms. The van der Waals surface area contributed by atoms with Crippen molar-refractivity contribution in [1.82, 2.24) is 5.32 Å². The molecule has 2 aliphatic heterocycles. The minimum absolute atomic E-state index is 0.0847. The molecule has 7 nitrogen and oxygen atoms in total. The number of ketones is 1. The van der Waals surface area contributed by atoms with Crippen LogP contribution in [0.1, 0.15) is 57.1 Å². The molecule has 0 spiro atoms. The minimum atomic E-state index is -0.521. The maximum atomic E-state index is 13.6. The molecule has 0 bridgehead atoms. The molecule has 1 saturated heterocycles. The van der Waals surface area contributed by atoms with Crippen LogP contribution in [0, 0.1) is 11.3 Å². The van der Waals surface area contributed by atoms with E-state index in [9.17, 15) is 9.59 Å². The summed E-state index contributed by atoms with van der Waals surface area (Å²) in [5.74, 6) is -0.242. The van der Waals surface area contributed by atoms with E-state index in [1.54, 1.807) is 7.11 Å². The Bertz CT molecular complexity index is 1290. The van der Waals surface area contributed by atoms with E-state index in [1.165, 1.54) is 0 Å². The van der Waals surface area contributed by atoms with Gasteiger partial charge >= 0.3 is 5.97 Å². The fourth-order valence-electron chi connectivity index (χ4n) is 5.85. The van der Waals surface area contributed by atoms with E-state index in [4.69, 9.17) is 18.9 Å². The number of esters is 1. The van der Waals surface area contributed by atoms with Crippen molar-refractivity contribution in [3.63, 3.8) is 0 Å². The number of allylic oxidation sites excluding steroid dienone is 3. The van der Waals surface area contributed by atoms with Gasteiger partial charge in [0.2, 0.25) is 0 Å². The SMILES string of the molecule is COc1cc(C2C(C(=O)OCC3CCCO3)=C(C)NC3=CC(C)(C)CC(=O)C32)ccc1OCc1ccccc1. The van der Waals surface area contributed by atoms with Crippen molar-refractivity contribution in [3.05, 3.63) is 82.7 Å². The summed E-state index contributed by atoms with van der Waals surface area (Å²) in [6.45, 7) is 7.26. The number of hydrogen-bond donors (Lipinski definition) is 1. The molecule has 1 fully saturated rings. The molecule has 7 heteroatoms. The van der Waals surface area contributed by atoms with Crippen molar-refractivity contribution < 1.29 is 28.5 Å². The van der Waals surface area contributed by atoms with Gasteiger partial charge in [0, 0.05) is 30.3 Å². The summed E-state index contributed by atoms with van der Waals surface area (Å²) in [5.41, 5.74) is 3.55.